The number of fused-ring (bicyclic) bond motifs is 1. The van der Waals surface area contributed by atoms with Crippen LogP contribution in [0.15, 0.2) is 24.3 Å². The number of methoxy groups -OCH3 is 1. The summed E-state index contributed by atoms with van der Waals surface area (Å²) in [6, 6.07) is 8.38. The van der Waals surface area contributed by atoms with Crippen molar-refractivity contribution >= 4 is 34.0 Å². The highest BCUT2D eigenvalue weighted by Gasteiger charge is 2.23. The van der Waals surface area contributed by atoms with Crippen LogP contribution in [-0.4, -0.2) is 24.6 Å². The third kappa shape index (κ3) is 2.39. The summed E-state index contributed by atoms with van der Waals surface area (Å²) in [5.74, 6) is -0.434. The lowest BCUT2D eigenvalue weighted by Gasteiger charge is -2.28. The standard InChI is InChI=1S/C14H13ClN2O2S/c1-19-13(18)11-12(15)16-14(20-11)17-7-6-9-4-2-3-5-10(9)8-17/h2-5H,6-8H2,1H3. The summed E-state index contributed by atoms with van der Waals surface area (Å²) in [6.45, 7) is 1.67. The highest BCUT2D eigenvalue weighted by Crippen LogP contribution is 2.33. The summed E-state index contributed by atoms with van der Waals surface area (Å²) in [4.78, 5) is 18.4. The topological polar surface area (TPSA) is 42.4 Å². The molecule has 6 heteroatoms. The minimum absolute atomic E-state index is 0.218. The lowest BCUT2D eigenvalue weighted by atomic mass is 10.0. The molecule has 1 aromatic carbocycles. The molecule has 0 N–H and O–H groups in total. The Morgan fingerprint density at radius 2 is 2.15 bits per heavy atom. The largest absolute Gasteiger partial charge is 0.465 e. The van der Waals surface area contributed by atoms with Crippen LogP contribution in [0.5, 0.6) is 0 Å². The van der Waals surface area contributed by atoms with E-state index in [2.05, 4.69) is 28.1 Å². The average Bonchev–Trinajstić information content (AvgIpc) is 2.88. The zero-order valence-electron chi connectivity index (χ0n) is 10.9. The first-order chi connectivity index (χ1) is 9.69. The summed E-state index contributed by atoms with van der Waals surface area (Å²) < 4.78 is 4.70. The molecule has 0 fully saturated rings. The monoisotopic (exact) mass is 308 g/mol. The molecule has 20 heavy (non-hydrogen) atoms. The first-order valence-corrected chi connectivity index (χ1v) is 7.45. The number of ether oxygens (including phenoxy) is 1. The maximum atomic E-state index is 11.6. The van der Waals surface area contributed by atoms with E-state index >= 15 is 0 Å². The fourth-order valence-corrected chi connectivity index (χ4v) is 3.53. The van der Waals surface area contributed by atoms with Crippen LogP contribution in [0.3, 0.4) is 0 Å². The summed E-state index contributed by atoms with van der Waals surface area (Å²) in [5, 5.41) is 0.987. The lowest BCUT2D eigenvalue weighted by molar-refractivity contribution is 0.0606. The van der Waals surface area contributed by atoms with Gasteiger partial charge in [0.2, 0.25) is 0 Å². The maximum Gasteiger partial charge on any atom is 0.351 e. The highest BCUT2D eigenvalue weighted by atomic mass is 35.5. The number of nitrogens with zero attached hydrogens (tertiary/aromatic N) is 2. The van der Waals surface area contributed by atoms with Crippen LogP contribution in [0.25, 0.3) is 0 Å². The van der Waals surface area contributed by atoms with Gasteiger partial charge in [-0.1, -0.05) is 47.2 Å². The molecule has 1 aromatic heterocycles. The molecular weight excluding hydrogens is 296 g/mol. The Balaban J connectivity index is 1.87. The Labute approximate surface area is 126 Å². The molecule has 0 radical (unpaired) electrons. The lowest BCUT2D eigenvalue weighted by Crippen LogP contribution is -2.30. The third-order valence-electron chi connectivity index (χ3n) is 3.35. The van der Waals surface area contributed by atoms with Crippen molar-refractivity contribution in [2.24, 2.45) is 0 Å². The molecule has 0 saturated heterocycles. The Bertz CT molecular complexity index is 656. The second kappa shape index (κ2) is 5.42. The molecule has 0 aliphatic carbocycles. The summed E-state index contributed by atoms with van der Waals surface area (Å²) in [6.07, 6.45) is 0.973. The van der Waals surface area contributed by atoms with Crippen LogP contribution in [0, 0.1) is 0 Å². The van der Waals surface area contributed by atoms with Gasteiger partial charge in [0.15, 0.2) is 15.2 Å². The number of anilines is 1. The molecule has 0 spiro atoms. The van der Waals surface area contributed by atoms with Gasteiger partial charge in [-0.3, -0.25) is 0 Å². The number of aromatic nitrogens is 1. The molecule has 1 aliphatic rings. The van der Waals surface area contributed by atoms with Crippen molar-refractivity contribution in [2.45, 2.75) is 13.0 Å². The van der Waals surface area contributed by atoms with Gasteiger partial charge in [0.05, 0.1) is 7.11 Å². The molecule has 0 amide bonds. The Morgan fingerprint density at radius 3 is 2.90 bits per heavy atom. The number of halogens is 1. The van der Waals surface area contributed by atoms with E-state index < -0.39 is 5.97 Å². The minimum atomic E-state index is -0.434. The molecule has 1 aliphatic heterocycles. The third-order valence-corrected chi connectivity index (χ3v) is 4.83. The molecule has 2 aromatic rings. The van der Waals surface area contributed by atoms with Crippen LogP contribution >= 0.6 is 22.9 Å². The maximum absolute atomic E-state index is 11.6. The average molecular weight is 309 g/mol. The van der Waals surface area contributed by atoms with E-state index in [1.807, 2.05) is 6.07 Å². The van der Waals surface area contributed by atoms with Crippen molar-refractivity contribution in [3.8, 4) is 0 Å². The van der Waals surface area contributed by atoms with Crippen LogP contribution in [0.4, 0.5) is 5.13 Å². The van der Waals surface area contributed by atoms with Gasteiger partial charge in [0.25, 0.3) is 0 Å². The van der Waals surface area contributed by atoms with Gasteiger partial charge in [-0.05, 0) is 17.5 Å². The van der Waals surface area contributed by atoms with Gasteiger partial charge in [0.1, 0.15) is 0 Å². The number of esters is 1. The first kappa shape index (κ1) is 13.4. The quantitative estimate of drug-likeness (QED) is 0.799. The van der Waals surface area contributed by atoms with E-state index in [1.165, 1.54) is 29.6 Å². The summed E-state index contributed by atoms with van der Waals surface area (Å²) >= 11 is 7.29. The second-order valence-corrected chi connectivity index (χ2v) is 5.88. The fourth-order valence-electron chi connectivity index (χ4n) is 2.30. The minimum Gasteiger partial charge on any atom is -0.465 e. The molecule has 104 valence electrons. The van der Waals surface area contributed by atoms with Crippen LogP contribution in [-0.2, 0) is 17.7 Å². The smallest absolute Gasteiger partial charge is 0.351 e. The SMILES string of the molecule is COC(=O)c1sc(N2CCc3ccccc3C2)nc1Cl. The molecule has 2 heterocycles. The van der Waals surface area contributed by atoms with Gasteiger partial charge in [-0.25, -0.2) is 9.78 Å². The molecule has 0 saturated carbocycles. The van der Waals surface area contributed by atoms with Crippen molar-refractivity contribution in [3.63, 3.8) is 0 Å². The van der Waals surface area contributed by atoms with Gasteiger partial charge >= 0.3 is 5.97 Å². The highest BCUT2D eigenvalue weighted by molar-refractivity contribution is 7.18. The van der Waals surface area contributed by atoms with Crippen molar-refractivity contribution in [2.75, 3.05) is 18.6 Å². The number of hydrogen-bond acceptors (Lipinski definition) is 5. The second-order valence-electron chi connectivity index (χ2n) is 4.55. The van der Waals surface area contributed by atoms with E-state index in [0.29, 0.717) is 4.88 Å². The van der Waals surface area contributed by atoms with Crippen LogP contribution in [0.1, 0.15) is 20.8 Å². The number of benzene rings is 1. The van der Waals surface area contributed by atoms with Gasteiger partial charge in [-0.2, -0.15) is 0 Å². The number of carbonyl (C=O) groups is 1. The predicted octanol–water partition coefficient (Wildman–Crippen LogP) is 3.15. The molecule has 3 rings (SSSR count). The number of carbonyl (C=O) groups excluding carboxylic acids is 1. The van der Waals surface area contributed by atoms with Crippen molar-refractivity contribution in [1.29, 1.82) is 0 Å². The molecule has 0 atom stereocenters. The van der Waals surface area contributed by atoms with Crippen molar-refractivity contribution in [1.82, 2.24) is 4.98 Å². The first-order valence-electron chi connectivity index (χ1n) is 6.25. The molecule has 0 unspecified atom stereocenters. The van der Waals surface area contributed by atoms with Crippen molar-refractivity contribution in [3.05, 3.63) is 45.4 Å². The van der Waals surface area contributed by atoms with E-state index in [-0.39, 0.29) is 5.15 Å². The number of rotatable bonds is 2. The van der Waals surface area contributed by atoms with Gasteiger partial charge in [0, 0.05) is 13.1 Å². The zero-order chi connectivity index (χ0) is 14.1. The van der Waals surface area contributed by atoms with Crippen LogP contribution in [0.2, 0.25) is 5.15 Å². The zero-order valence-corrected chi connectivity index (χ0v) is 12.5. The molecular formula is C14H13ClN2O2S. The summed E-state index contributed by atoms with van der Waals surface area (Å²) in [7, 11) is 1.34. The van der Waals surface area contributed by atoms with Gasteiger partial charge < -0.3 is 9.64 Å². The van der Waals surface area contributed by atoms with Crippen LogP contribution < -0.4 is 4.90 Å². The number of hydrogen-bond donors (Lipinski definition) is 0. The van der Waals surface area contributed by atoms with Crippen molar-refractivity contribution < 1.29 is 9.53 Å². The Kier molecular flexibility index (Phi) is 3.63. The van der Waals surface area contributed by atoms with E-state index in [0.717, 1.165) is 24.6 Å². The van der Waals surface area contributed by atoms with E-state index in [9.17, 15) is 4.79 Å². The number of thiazole rings is 1. The predicted molar refractivity (Wildman–Crippen MR) is 79.7 cm³/mol. The molecule has 4 nitrogen and oxygen atoms in total. The Hall–Kier alpha value is -1.59. The van der Waals surface area contributed by atoms with Gasteiger partial charge in [-0.15, -0.1) is 0 Å². The van der Waals surface area contributed by atoms with E-state index in [4.69, 9.17) is 16.3 Å². The fraction of sp³-hybridized carbons (Fsp3) is 0.286. The molecule has 0 bridgehead atoms. The summed E-state index contributed by atoms with van der Waals surface area (Å²) in [5.41, 5.74) is 2.67. The Morgan fingerprint density at radius 1 is 1.40 bits per heavy atom. The van der Waals surface area contributed by atoms with E-state index in [1.54, 1.807) is 0 Å². The normalized spacial score (nSPS) is 14.0.